The lowest BCUT2D eigenvalue weighted by atomic mass is 9.65. The number of hydrogen-bond acceptors (Lipinski definition) is 2. The third kappa shape index (κ3) is 2.85. The highest BCUT2D eigenvalue weighted by atomic mass is 16.5. The lowest BCUT2D eigenvalue weighted by Gasteiger charge is -2.45. The fourth-order valence-corrected chi connectivity index (χ4v) is 3.77. The van der Waals surface area contributed by atoms with Crippen LogP contribution in [-0.2, 0) is 4.74 Å². The Labute approximate surface area is 106 Å². The summed E-state index contributed by atoms with van der Waals surface area (Å²) in [7, 11) is 1.79. The van der Waals surface area contributed by atoms with Gasteiger partial charge in [-0.25, -0.2) is 0 Å². The monoisotopic (exact) mass is 240 g/mol. The number of rotatable bonds is 2. The van der Waals surface area contributed by atoms with Crippen LogP contribution in [0.15, 0.2) is 0 Å². The smallest absolute Gasteiger partial charge is 0.0677 e. The summed E-state index contributed by atoms with van der Waals surface area (Å²) in [5.74, 6) is 2.15. The van der Waals surface area contributed by atoms with Crippen molar-refractivity contribution in [1.29, 1.82) is 0 Å². The average Bonchev–Trinajstić information content (AvgIpc) is 2.33. The van der Waals surface area contributed by atoms with Crippen LogP contribution in [0.2, 0.25) is 0 Å². The Morgan fingerprint density at radius 1 is 1.00 bits per heavy atom. The SMILES string of the molecule is COC1CCC(O)(C2CCC(C)C(C)C2)CC1. The van der Waals surface area contributed by atoms with E-state index in [1.165, 1.54) is 19.3 Å². The number of aliphatic hydroxyl groups is 1. The molecule has 2 aliphatic rings. The van der Waals surface area contributed by atoms with Crippen LogP contribution >= 0.6 is 0 Å². The molecule has 0 aromatic rings. The zero-order valence-electron chi connectivity index (χ0n) is 11.6. The maximum Gasteiger partial charge on any atom is 0.0677 e. The maximum atomic E-state index is 10.9. The van der Waals surface area contributed by atoms with E-state index in [0.717, 1.165) is 37.5 Å². The Balaban J connectivity index is 1.93. The van der Waals surface area contributed by atoms with Crippen molar-refractivity contribution in [3.05, 3.63) is 0 Å². The normalized spacial score (nSPS) is 48.0. The van der Waals surface area contributed by atoms with Crippen molar-refractivity contribution in [2.45, 2.75) is 70.5 Å². The first kappa shape index (κ1) is 13.4. The van der Waals surface area contributed by atoms with Gasteiger partial charge >= 0.3 is 0 Å². The molecule has 0 amide bonds. The van der Waals surface area contributed by atoms with Gasteiger partial charge in [0.1, 0.15) is 0 Å². The minimum absolute atomic E-state index is 0.384. The summed E-state index contributed by atoms with van der Waals surface area (Å²) < 4.78 is 5.40. The summed E-state index contributed by atoms with van der Waals surface area (Å²) in [6, 6.07) is 0. The van der Waals surface area contributed by atoms with E-state index in [-0.39, 0.29) is 5.60 Å². The van der Waals surface area contributed by atoms with Crippen LogP contribution in [0, 0.1) is 17.8 Å². The molecular formula is C15H28O2. The van der Waals surface area contributed by atoms with Gasteiger partial charge in [0.15, 0.2) is 0 Å². The van der Waals surface area contributed by atoms with E-state index in [2.05, 4.69) is 13.8 Å². The topological polar surface area (TPSA) is 29.5 Å². The molecule has 0 aliphatic heterocycles. The van der Waals surface area contributed by atoms with Gasteiger partial charge < -0.3 is 9.84 Å². The van der Waals surface area contributed by atoms with E-state index in [4.69, 9.17) is 4.74 Å². The molecule has 2 aliphatic carbocycles. The first-order chi connectivity index (χ1) is 8.05. The van der Waals surface area contributed by atoms with Crippen LogP contribution in [0.5, 0.6) is 0 Å². The van der Waals surface area contributed by atoms with Crippen molar-refractivity contribution in [1.82, 2.24) is 0 Å². The van der Waals surface area contributed by atoms with Crippen molar-refractivity contribution in [2.24, 2.45) is 17.8 Å². The molecule has 100 valence electrons. The molecule has 0 radical (unpaired) electrons. The van der Waals surface area contributed by atoms with Crippen LogP contribution in [0.1, 0.15) is 58.8 Å². The Bertz CT molecular complexity index is 243. The summed E-state index contributed by atoms with van der Waals surface area (Å²) in [5, 5.41) is 10.9. The Kier molecular flexibility index (Phi) is 4.14. The summed E-state index contributed by atoms with van der Waals surface area (Å²) in [4.78, 5) is 0. The van der Waals surface area contributed by atoms with Crippen LogP contribution in [0.25, 0.3) is 0 Å². The summed E-state index contributed by atoms with van der Waals surface area (Å²) in [6.45, 7) is 4.70. The maximum absolute atomic E-state index is 10.9. The van der Waals surface area contributed by atoms with E-state index in [9.17, 15) is 5.11 Å². The van der Waals surface area contributed by atoms with Crippen LogP contribution in [0.4, 0.5) is 0 Å². The third-order valence-corrected chi connectivity index (χ3v) is 5.49. The third-order valence-electron chi connectivity index (χ3n) is 5.49. The molecule has 3 atom stereocenters. The summed E-state index contributed by atoms with van der Waals surface area (Å²) in [6.07, 6.45) is 8.07. The molecule has 0 spiro atoms. The molecule has 2 rings (SSSR count). The number of methoxy groups -OCH3 is 1. The van der Waals surface area contributed by atoms with Crippen molar-refractivity contribution in [3.63, 3.8) is 0 Å². The predicted molar refractivity (Wildman–Crippen MR) is 69.9 cm³/mol. The Hall–Kier alpha value is -0.0800. The zero-order chi connectivity index (χ0) is 12.5. The predicted octanol–water partition coefficient (Wildman–Crippen LogP) is 3.38. The fourth-order valence-electron chi connectivity index (χ4n) is 3.77. The average molecular weight is 240 g/mol. The largest absolute Gasteiger partial charge is 0.390 e. The van der Waals surface area contributed by atoms with Crippen molar-refractivity contribution >= 4 is 0 Å². The van der Waals surface area contributed by atoms with Gasteiger partial charge in [-0.1, -0.05) is 20.3 Å². The van der Waals surface area contributed by atoms with Crippen molar-refractivity contribution < 1.29 is 9.84 Å². The van der Waals surface area contributed by atoms with Crippen LogP contribution in [-0.4, -0.2) is 23.9 Å². The highest BCUT2D eigenvalue weighted by Crippen LogP contribution is 2.44. The van der Waals surface area contributed by atoms with Gasteiger partial charge in [0.2, 0.25) is 0 Å². The van der Waals surface area contributed by atoms with Gasteiger partial charge in [-0.2, -0.15) is 0 Å². The van der Waals surface area contributed by atoms with Gasteiger partial charge in [-0.3, -0.25) is 0 Å². The minimum atomic E-state index is -0.385. The second-order valence-electron chi connectivity index (χ2n) is 6.50. The van der Waals surface area contributed by atoms with Gasteiger partial charge in [-0.05, 0) is 56.3 Å². The second kappa shape index (κ2) is 5.27. The molecule has 1 N–H and O–H groups in total. The Morgan fingerprint density at radius 2 is 1.65 bits per heavy atom. The van der Waals surface area contributed by atoms with E-state index < -0.39 is 0 Å². The molecular weight excluding hydrogens is 212 g/mol. The summed E-state index contributed by atoms with van der Waals surface area (Å²) in [5.41, 5.74) is -0.385. The molecule has 3 unspecified atom stereocenters. The first-order valence-corrected chi connectivity index (χ1v) is 7.30. The molecule has 0 heterocycles. The zero-order valence-corrected chi connectivity index (χ0v) is 11.6. The van der Waals surface area contributed by atoms with E-state index >= 15 is 0 Å². The van der Waals surface area contributed by atoms with E-state index in [0.29, 0.717) is 12.0 Å². The molecule has 17 heavy (non-hydrogen) atoms. The highest BCUT2D eigenvalue weighted by Gasteiger charge is 2.42. The molecule has 2 nitrogen and oxygen atoms in total. The lowest BCUT2D eigenvalue weighted by molar-refractivity contribution is -0.0972. The molecule has 2 fully saturated rings. The molecule has 0 saturated heterocycles. The second-order valence-corrected chi connectivity index (χ2v) is 6.50. The fraction of sp³-hybridized carbons (Fsp3) is 1.00. The molecule has 0 aromatic heterocycles. The lowest BCUT2D eigenvalue weighted by Crippen LogP contribution is -2.45. The standard InChI is InChI=1S/C15H28O2/c1-11-4-5-13(10-12(11)2)15(16)8-6-14(17-3)7-9-15/h11-14,16H,4-10H2,1-3H3. The van der Waals surface area contributed by atoms with E-state index in [1.54, 1.807) is 7.11 Å². The van der Waals surface area contributed by atoms with Crippen LogP contribution < -0.4 is 0 Å². The van der Waals surface area contributed by atoms with Gasteiger partial charge in [0, 0.05) is 7.11 Å². The number of hydrogen-bond donors (Lipinski definition) is 1. The molecule has 2 saturated carbocycles. The summed E-state index contributed by atoms with van der Waals surface area (Å²) >= 11 is 0. The van der Waals surface area contributed by atoms with Crippen molar-refractivity contribution in [2.75, 3.05) is 7.11 Å². The molecule has 2 heteroatoms. The minimum Gasteiger partial charge on any atom is -0.390 e. The quantitative estimate of drug-likeness (QED) is 0.802. The molecule has 0 bridgehead atoms. The van der Waals surface area contributed by atoms with Gasteiger partial charge in [0.25, 0.3) is 0 Å². The van der Waals surface area contributed by atoms with Crippen LogP contribution in [0.3, 0.4) is 0 Å². The van der Waals surface area contributed by atoms with E-state index in [1.807, 2.05) is 0 Å². The molecule has 0 aromatic carbocycles. The first-order valence-electron chi connectivity index (χ1n) is 7.30. The Morgan fingerprint density at radius 3 is 2.18 bits per heavy atom. The van der Waals surface area contributed by atoms with Gasteiger partial charge in [0.05, 0.1) is 11.7 Å². The highest BCUT2D eigenvalue weighted by molar-refractivity contribution is 4.94. The van der Waals surface area contributed by atoms with Gasteiger partial charge in [-0.15, -0.1) is 0 Å². The number of ether oxygens (including phenoxy) is 1. The van der Waals surface area contributed by atoms with Crippen molar-refractivity contribution in [3.8, 4) is 0 Å².